The van der Waals surface area contributed by atoms with Crippen LogP contribution >= 0.6 is 11.6 Å². The van der Waals surface area contributed by atoms with Gasteiger partial charge in [0.1, 0.15) is 6.04 Å². The summed E-state index contributed by atoms with van der Waals surface area (Å²) in [6.45, 7) is 1.33. The van der Waals surface area contributed by atoms with Crippen LogP contribution in [0.5, 0.6) is 0 Å². The van der Waals surface area contributed by atoms with Crippen molar-refractivity contribution in [3.05, 3.63) is 70.2 Å². The standard InChI is InChI=1S/C17H16ClNO2/c18-14-6-3-4-12(10-14)11-19-9-8-13-5-1-2-7-15(13)16(19)17(20)21/h1-7,10,16H,8-9,11H2,(H,20,21). The van der Waals surface area contributed by atoms with Gasteiger partial charge < -0.3 is 5.11 Å². The summed E-state index contributed by atoms with van der Waals surface area (Å²) in [5.41, 5.74) is 3.07. The fourth-order valence-electron chi connectivity index (χ4n) is 2.95. The summed E-state index contributed by atoms with van der Waals surface area (Å²) in [4.78, 5) is 13.7. The van der Waals surface area contributed by atoms with Gasteiger partial charge in [-0.25, -0.2) is 0 Å². The maximum Gasteiger partial charge on any atom is 0.325 e. The molecule has 0 saturated heterocycles. The summed E-state index contributed by atoms with van der Waals surface area (Å²) < 4.78 is 0. The zero-order chi connectivity index (χ0) is 14.8. The van der Waals surface area contributed by atoms with Crippen LogP contribution in [0.1, 0.15) is 22.7 Å². The summed E-state index contributed by atoms with van der Waals surface area (Å²) >= 11 is 6.01. The zero-order valence-corrected chi connectivity index (χ0v) is 12.3. The van der Waals surface area contributed by atoms with Crippen molar-refractivity contribution in [1.82, 2.24) is 4.90 Å². The molecule has 108 valence electrons. The topological polar surface area (TPSA) is 40.5 Å². The lowest BCUT2D eigenvalue weighted by atomic mass is 9.92. The third-order valence-corrected chi connectivity index (χ3v) is 4.13. The van der Waals surface area contributed by atoms with Gasteiger partial charge in [-0.2, -0.15) is 0 Å². The first-order valence-electron chi connectivity index (χ1n) is 6.94. The monoisotopic (exact) mass is 301 g/mol. The number of carbonyl (C=O) groups is 1. The van der Waals surface area contributed by atoms with Crippen LogP contribution in [0, 0.1) is 0 Å². The summed E-state index contributed by atoms with van der Waals surface area (Å²) in [7, 11) is 0. The molecule has 0 saturated carbocycles. The minimum Gasteiger partial charge on any atom is -0.480 e. The number of nitrogens with zero attached hydrogens (tertiary/aromatic N) is 1. The van der Waals surface area contributed by atoms with Gasteiger partial charge in [0, 0.05) is 18.1 Å². The maximum absolute atomic E-state index is 11.7. The first-order chi connectivity index (χ1) is 10.1. The molecule has 1 unspecified atom stereocenters. The Morgan fingerprint density at radius 2 is 2.05 bits per heavy atom. The van der Waals surface area contributed by atoms with Crippen molar-refractivity contribution in [2.75, 3.05) is 6.54 Å². The number of carboxylic acids is 1. The molecule has 1 aliphatic heterocycles. The van der Waals surface area contributed by atoms with E-state index < -0.39 is 12.0 Å². The number of fused-ring (bicyclic) bond motifs is 1. The van der Waals surface area contributed by atoms with Crippen LogP contribution in [0.25, 0.3) is 0 Å². The van der Waals surface area contributed by atoms with Crippen molar-refractivity contribution in [1.29, 1.82) is 0 Å². The van der Waals surface area contributed by atoms with E-state index in [4.69, 9.17) is 11.6 Å². The first kappa shape index (κ1) is 14.1. The van der Waals surface area contributed by atoms with Crippen LogP contribution in [-0.2, 0) is 17.8 Å². The largest absolute Gasteiger partial charge is 0.480 e. The fourth-order valence-corrected chi connectivity index (χ4v) is 3.16. The number of halogens is 1. The van der Waals surface area contributed by atoms with Crippen molar-refractivity contribution in [2.45, 2.75) is 19.0 Å². The number of carboxylic acid groups (broad SMARTS) is 1. The van der Waals surface area contributed by atoms with Gasteiger partial charge >= 0.3 is 5.97 Å². The molecule has 1 atom stereocenters. The lowest BCUT2D eigenvalue weighted by Crippen LogP contribution is -2.39. The molecule has 2 aromatic rings. The van der Waals surface area contributed by atoms with Gasteiger partial charge in [-0.05, 0) is 35.2 Å². The van der Waals surface area contributed by atoms with Crippen molar-refractivity contribution in [3.63, 3.8) is 0 Å². The van der Waals surface area contributed by atoms with Crippen LogP contribution in [-0.4, -0.2) is 22.5 Å². The highest BCUT2D eigenvalue weighted by Crippen LogP contribution is 2.31. The molecule has 0 spiro atoms. The van der Waals surface area contributed by atoms with Gasteiger partial charge in [-0.1, -0.05) is 48.0 Å². The minimum atomic E-state index is -0.802. The van der Waals surface area contributed by atoms with Crippen molar-refractivity contribution in [2.24, 2.45) is 0 Å². The molecule has 0 amide bonds. The molecule has 0 aromatic heterocycles. The highest BCUT2D eigenvalue weighted by Gasteiger charge is 2.32. The average Bonchev–Trinajstić information content (AvgIpc) is 2.46. The summed E-state index contributed by atoms with van der Waals surface area (Å²) in [5, 5.41) is 10.3. The molecule has 4 heteroatoms. The lowest BCUT2D eigenvalue weighted by molar-refractivity contribution is -0.144. The Morgan fingerprint density at radius 1 is 1.24 bits per heavy atom. The molecular formula is C17H16ClNO2. The molecule has 0 fully saturated rings. The molecule has 21 heavy (non-hydrogen) atoms. The smallest absolute Gasteiger partial charge is 0.325 e. The Hall–Kier alpha value is -1.84. The van der Waals surface area contributed by atoms with Gasteiger partial charge in [0.05, 0.1) is 0 Å². The number of rotatable bonds is 3. The molecule has 1 heterocycles. The lowest BCUT2D eigenvalue weighted by Gasteiger charge is -2.34. The third-order valence-electron chi connectivity index (χ3n) is 3.89. The van der Waals surface area contributed by atoms with Crippen molar-refractivity contribution >= 4 is 17.6 Å². The maximum atomic E-state index is 11.7. The second-order valence-corrected chi connectivity index (χ2v) is 5.73. The van der Waals surface area contributed by atoms with Crippen LogP contribution in [0.3, 0.4) is 0 Å². The Morgan fingerprint density at radius 3 is 2.81 bits per heavy atom. The quantitative estimate of drug-likeness (QED) is 0.943. The highest BCUT2D eigenvalue weighted by atomic mass is 35.5. The second-order valence-electron chi connectivity index (χ2n) is 5.29. The van der Waals surface area contributed by atoms with E-state index >= 15 is 0 Å². The predicted molar refractivity (Wildman–Crippen MR) is 82.4 cm³/mol. The molecule has 3 nitrogen and oxygen atoms in total. The summed E-state index contributed by atoms with van der Waals surface area (Å²) in [6.07, 6.45) is 0.876. The third kappa shape index (κ3) is 2.94. The SMILES string of the molecule is O=C(O)C1c2ccccc2CCN1Cc1cccc(Cl)c1. The molecule has 0 aliphatic carbocycles. The van der Waals surface area contributed by atoms with Gasteiger partial charge in [0.15, 0.2) is 0 Å². The van der Waals surface area contributed by atoms with E-state index in [9.17, 15) is 9.90 Å². The summed E-state index contributed by atoms with van der Waals surface area (Å²) in [6, 6.07) is 14.8. The van der Waals surface area contributed by atoms with Crippen LogP contribution < -0.4 is 0 Å². The second kappa shape index (κ2) is 5.88. The van der Waals surface area contributed by atoms with E-state index in [1.807, 2.05) is 53.4 Å². The number of hydrogen-bond donors (Lipinski definition) is 1. The van der Waals surface area contributed by atoms with Crippen molar-refractivity contribution in [3.8, 4) is 0 Å². The fraction of sp³-hybridized carbons (Fsp3) is 0.235. The van der Waals surface area contributed by atoms with Gasteiger partial charge in [-0.15, -0.1) is 0 Å². The van der Waals surface area contributed by atoms with Gasteiger partial charge in [-0.3, -0.25) is 9.69 Å². The zero-order valence-electron chi connectivity index (χ0n) is 11.5. The highest BCUT2D eigenvalue weighted by molar-refractivity contribution is 6.30. The number of aliphatic carboxylic acids is 1. The Kier molecular flexibility index (Phi) is 3.95. The summed E-state index contributed by atoms with van der Waals surface area (Å²) in [5.74, 6) is -0.802. The van der Waals surface area contributed by atoms with E-state index in [0.717, 1.165) is 29.7 Å². The Balaban J connectivity index is 1.91. The van der Waals surface area contributed by atoms with Crippen LogP contribution in [0.2, 0.25) is 5.02 Å². The Bertz CT molecular complexity index is 671. The molecule has 3 rings (SSSR count). The van der Waals surface area contributed by atoms with Gasteiger partial charge in [0.25, 0.3) is 0 Å². The molecule has 1 N–H and O–H groups in total. The van der Waals surface area contributed by atoms with E-state index in [-0.39, 0.29) is 0 Å². The normalized spacial score (nSPS) is 18.2. The van der Waals surface area contributed by atoms with Crippen molar-refractivity contribution < 1.29 is 9.90 Å². The van der Waals surface area contributed by atoms with E-state index in [1.54, 1.807) is 0 Å². The molecule has 0 bridgehead atoms. The van der Waals surface area contributed by atoms with Crippen LogP contribution in [0.15, 0.2) is 48.5 Å². The number of benzene rings is 2. The predicted octanol–water partition coefficient (Wildman–Crippen LogP) is 3.52. The molecule has 1 aliphatic rings. The first-order valence-corrected chi connectivity index (χ1v) is 7.32. The number of hydrogen-bond acceptors (Lipinski definition) is 2. The molecular weight excluding hydrogens is 286 g/mol. The molecule has 2 aromatic carbocycles. The minimum absolute atomic E-state index is 0.589. The Labute approximate surface area is 128 Å². The van der Waals surface area contributed by atoms with Crippen LogP contribution in [0.4, 0.5) is 0 Å². The molecule has 0 radical (unpaired) electrons. The van der Waals surface area contributed by atoms with E-state index in [0.29, 0.717) is 11.6 Å². The average molecular weight is 302 g/mol. The van der Waals surface area contributed by atoms with E-state index in [2.05, 4.69) is 0 Å². The van der Waals surface area contributed by atoms with E-state index in [1.165, 1.54) is 0 Å². The van der Waals surface area contributed by atoms with Gasteiger partial charge in [0.2, 0.25) is 0 Å².